The molecule has 1 aliphatic heterocycles. The van der Waals surface area contributed by atoms with Gasteiger partial charge in [-0.1, -0.05) is 41.9 Å². The number of hydrogen-bond donors (Lipinski definition) is 2. The number of hydrogen-bond acceptors (Lipinski definition) is 3. The maximum Gasteiger partial charge on any atom is 0.315 e. The number of urea groups is 1. The fourth-order valence-electron chi connectivity index (χ4n) is 3.48. The summed E-state index contributed by atoms with van der Waals surface area (Å²) < 4.78 is 11.1. The molecule has 3 rings (SSSR count). The molecule has 1 aliphatic rings. The van der Waals surface area contributed by atoms with Gasteiger partial charge in [0.2, 0.25) is 0 Å². The van der Waals surface area contributed by atoms with Crippen LogP contribution in [0.4, 0.5) is 4.79 Å². The fraction of sp³-hybridized carbons (Fsp3) is 0.381. The molecule has 5 nitrogen and oxygen atoms in total. The number of amides is 2. The van der Waals surface area contributed by atoms with Gasteiger partial charge < -0.3 is 20.1 Å². The Hall–Kier alpha value is -2.24. The van der Waals surface area contributed by atoms with Crippen molar-refractivity contribution in [3.63, 3.8) is 0 Å². The maximum atomic E-state index is 12.3. The highest BCUT2D eigenvalue weighted by Gasteiger charge is 2.37. The monoisotopic (exact) mass is 388 g/mol. The lowest BCUT2D eigenvalue weighted by Crippen LogP contribution is -2.47. The SMILES string of the molecule is COc1ccccc1C1(CNC(=O)NCc2ccc(Cl)cc2)CCOCC1. The number of carbonyl (C=O) groups excluding carboxylic acids is 1. The molecule has 0 aromatic heterocycles. The standard InChI is InChI=1S/C21H25ClN2O3/c1-26-19-5-3-2-4-18(19)21(10-12-27-13-11-21)15-24-20(25)23-14-16-6-8-17(22)9-7-16/h2-9H,10-15H2,1H3,(H2,23,24,25). The van der Waals surface area contributed by atoms with E-state index in [0.29, 0.717) is 31.3 Å². The van der Waals surface area contributed by atoms with Gasteiger partial charge in [-0.25, -0.2) is 4.79 Å². The first-order chi connectivity index (χ1) is 13.1. The van der Waals surface area contributed by atoms with E-state index in [1.165, 1.54) is 0 Å². The number of halogens is 1. The number of nitrogens with one attached hydrogen (secondary N) is 2. The highest BCUT2D eigenvalue weighted by atomic mass is 35.5. The smallest absolute Gasteiger partial charge is 0.315 e. The Morgan fingerprint density at radius 1 is 1.11 bits per heavy atom. The number of carbonyl (C=O) groups is 1. The van der Waals surface area contributed by atoms with Crippen molar-refractivity contribution < 1.29 is 14.3 Å². The Labute approximate surface area is 165 Å². The van der Waals surface area contributed by atoms with Crippen LogP contribution in [-0.4, -0.2) is 32.9 Å². The van der Waals surface area contributed by atoms with E-state index in [-0.39, 0.29) is 11.4 Å². The van der Waals surface area contributed by atoms with Gasteiger partial charge in [-0.2, -0.15) is 0 Å². The second kappa shape index (κ2) is 9.11. The number of rotatable bonds is 6. The van der Waals surface area contributed by atoms with Gasteiger partial charge in [0.05, 0.1) is 7.11 Å². The van der Waals surface area contributed by atoms with Crippen LogP contribution < -0.4 is 15.4 Å². The molecule has 27 heavy (non-hydrogen) atoms. The van der Waals surface area contributed by atoms with Crippen molar-refractivity contribution in [3.05, 3.63) is 64.7 Å². The average molecular weight is 389 g/mol. The summed E-state index contributed by atoms with van der Waals surface area (Å²) in [6.07, 6.45) is 1.68. The summed E-state index contributed by atoms with van der Waals surface area (Å²) in [6, 6.07) is 15.3. The lowest BCUT2D eigenvalue weighted by atomic mass is 9.73. The van der Waals surface area contributed by atoms with Crippen molar-refractivity contribution in [2.45, 2.75) is 24.8 Å². The van der Waals surface area contributed by atoms with E-state index in [4.69, 9.17) is 21.1 Å². The molecule has 2 amide bonds. The highest BCUT2D eigenvalue weighted by Crippen LogP contribution is 2.39. The second-order valence-corrected chi connectivity index (χ2v) is 7.19. The van der Waals surface area contributed by atoms with Crippen molar-refractivity contribution in [1.29, 1.82) is 0 Å². The second-order valence-electron chi connectivity index (χ2n) is 6.76. The molecule has 1 heterocycles. The quantitative estimate of drug-likeness (QED) is 0.789. The molecule has 1 saturated heterocycles. The van der Waals surface area contributed by atoms with Crippen LogP contribution >= 0.6 is 11.6 Å². The molecule has 0 spiro atoms. The molecule has 6 heteroatoms. The zero-order valence-electron chi connectivity index (χ0n) is 15.5. The van der Waals surface area contributed by atoms with E-state index < -0.39 is 0 Å². The van der Waals surface area contributed by atoms with E-state index in [9.17, 15) is 4.79 Å². The zero-order chi connectivity index (χ0) is 19.1. The summed E-state index contributed by atoms with van der Waals surface area (Å²) >= 11 is 5.89. The Kier molecular flexibility index (Phi) is 6.58. The minimum atomic E-state index is -0.192. The normalized spacial score (nSPS) is 15.8. The topological polar surface area (TPSA) is 59.6 Å². The van der Waals surface area contributed by atoms with E-state index >= 15 is 0 Å². The van der Waals surface area contributed by atoms with Gasteiger partial charge in [0.15, 0.2) is 0 Å². The Morgan fingerprint density at radius 2 is 1.81 bits per heavy atom. The van der Waals surface area contributed by atoms with E-state index in [1.54, 1.807) is 7.11 Å². The lowest BCUT2D eigenvalue weighted by Gasteiger charge is -2.38. The lowest BCUT2D eigenvalue weighted by molar-refractivity contribution is 0.0498. The zero-order valence-corrected chi connectivity index (χ0v) is 16.2. The van der Waals surface area contributed by atoms with Gasteiger partial charge in [-0.3, -0.25) is 0 Å². The van der Waals surface area contributed by atoms with Crippen LogP contribution in [0.2, 0.25) is 5.02 Å². The average Bonchev–Trinajstić information content (AvgIpc) is 2.72. The first kappa shape index (κ1) is 19.5. The van der Waals surface area contributed by atoms with Gasteiger partial charge in [-0.05, 0) is 36.6 Å². The van der Waals surface area contributed by atoms with Crippen molar-refractivity contribution in [2.24, 2.45) is 0 Å². The summed E-state index contributed by atoms with van der Waals surface area (Å²) in [5, 5.41) is 6.62. The predicted octanol–water partition coefficient (Wildman–Crippen LogP) is 3.90. The van der Waals surface area contributed by atoms with Gasteiger partial charge in [0, 0.05) is 42.3 Å². The van der Waals surface area contributed by atoms with Crippen molar-refractivity contribution >= 4 is 17.6 Å². The molecule has 144 valence electrons. The van der Waals surface area contributed by atoms with Crippen LogP contribution in [0.1, 0.15) is 24.0 Å². The van der Waals surface area contributed by atoms with Gasteiger partial charge in [0.25, 0.3) is 0 Å². The molecule has 1 fully saturated rings. The molecule has 2 aromatic rings. The minimum absolute atomic E-state index is 0.189. The van der Waals surface area contributed by atoms with Crippen LogP contribution in [0.3, 0.4) is 0 Å². The summed E-state index contributed by atoms with van der Waals surface area (Å²) in [6.45, 7) is 2.33. The molecule has 0 unspecified atom stereocenters. The molecule has 2 N–H and O–H groups in total. The Bertz CT molecular complexity index is 758. The van der Waals surface area contributed by atoms with E-state index in [1.807, 2.05) is 42.5 Å². The molecule has 0 aliphatic carbocycles. The van der Waals surface area contributed by atoms with Crippen molar-refractivity contribution in [3.8, 4) is 5.75 Å². The first-order valence-electron chi connectivity index (χ1n) is 9.10. The van der Waals surface area contributed by atoms with Crippen molar-refractivity contribution in [2.75, 3.05) is 26.9 Å². The highest BCUT2D eigenvalue weighted by molar-refractivity contribution is 6.30. The number of methoxy groups -OCH3 is 1. The molecular formula is C21H25ClN2O3. The molecule has 0 atom stereocenters. The number of benzene rings is 2. The van der Waals surface area contributed by atoms with Crippen LogP contribution in [0.15, 0.2) is 48.5 Å². The summed E-state index contributed by atoms with van der Waals surface area (Å²) in [5.74, 6) is 0.850. The predicted molar refractivity (Wildman–Crippen MR) is 106 cm³/mol. The Balaban J connectivity index is 1.64. The third-order valence-electron chi connectivity index (χ3n) is 5.08. The third-order valence-corrected chi connectivity index (χ3v) is 5.33. The summed E-state index contributed by atoms with van der Waals surface area (Å²) in [7, 11) is 1.68. The third kappa shape index (κ3) is 4.93. The summed E-state index contributed by atoms with van der Waals surface area (Å²) in [5.41, 5.74) is 1.93. The maximum absolute atomic E-state index is 12.3. The molecule has 0 bridgehead atoms. The number of ether oxygens (including phenoxy) is 2. The first-order valence-corrected chi connectivity index (χ1v) is 9.48. The molecule has 0 radical (unpaired) electrons. The molecule has 0 saturated carbocycles. The fourth-order valence-corrected chi connectivity index (χ4v) is 3.61. The minimum Gasteiger partial charge on any atom is -0.496 e. The Morgan fingerprint density at radius 3 is 2.52 bits per heavy atom. The van der Waals surface area contributed by atoms with Crippen LogP contribution in [-0.2, 0) is 16.7 Å². The van der Waals surface area contributed by atoms with Crippen LogP contribution in [0.5, 0.6) is 5.75 Å². The number of para-hydroxylation sites is 1. The van der Waals surface area contributed by atoms with Crippen LogP contribution in [0.25, 0.3) is 0 Å². The summed E-state index contributed by atoms with van der Waals surface area (Å²) in [4.78, 5) is 12.3. The van der Waals surface area contributed by atoms with Gasteiger partial charge >= 0.3 is 6.03 Å². The van der Waals surface area contributed by atoms with E-state index in [0.717, 1.165) is 29.7 Å². The van der Waals surface area contributed by atoms with Crippen molar-refractivity contribution in [1.82, 2.24) is 10.6 Å². The van der Waals surface area contributed by atoms with E-state index in [2.05, 4.69) is 16.7 Å². The van der Waals surface area contributed by atoms with Crippen LogP contribution in [0, 0.1) is 0 Å². The van der Waals surface area contributed by atoms with Gasteiger partial charge in [-0.15, -0.1) is 0 Å². The largest absolute Gasteiger partial charge is 0.496 e. The molecule has 2 aromatic carbocycles. The molecular weight excluding hydrogens is 364 g/mol. The van der Waals surface area contributed by atoms with Gasteiger partial charge in [0.1, 0.15) is 5.75 Å².